The number of aromatic nitrogens is 3. The van der Waals surface area contributed by atoms with Crippen molar-refractivity contribution in [3.05, 3.63) is 47.1 Å². The number of ether oxygens (including phenoxy) is 1. The summed E-state index contributed by atoms with van der Waals surface area (Å²) in [7, 11) is 1.59. The second kappa shape index (κ2) is 10.8. The number of alkyl halides is 1. The molecule has 0 saturated heterocycles. The lowest BCUT2D eigenvalue weighted by molar-refractivity contribution is 0.393. The Hall–Kier alpha value is -3.03. The first-order chi connectivity index (χ1) is 14.9. The Morgan fingerprint density at radius 3 is 2.26 bits per heavy atom. The van der Waals surface area contributed by atoms with Crippen molar-refractivity contribution in [1.29, 1.82) is 0 Å². The highest BCUT2D eigenvalue weighted by Gasteiger charge is 2.13. The summed E-state index contributed by atoms with van der Waals surface area (Å²) in [5.74, 6) is 0.830. The molecule has 6 nitrogen and oxygen atoms in total. The van der Waals surface area contributed by atoms with Crippen LogP contribution in [0.25, 0.3) is 22.2 Å². The molecule has 0 atom stereocenters. The smallest absolute Gasteiger partial charge is 0.243 e. The molecule has 0 fully saturated rings. The molecule has 3 heterocycles. The van der Waals surface area contributed by atoms with Crippen LogP contribution in [0.2, 0.25) is 0 Å². The quantitative estimate of drug-likeness (QED) is 0.357. The van der Waals surface area contributed by atoms with Gasteiger partial charge in [-0.1, -0.05) is 34.6 Å². The Morgan fingerprint density at radius 1 is 1.00 bits per heavy atom. The third kappa shape index (κ3) is 5.57. The van der Waals surface area contributed by atoms with Gasteiger partial charge in [0.2, 0.25) is 11.8 Å². The molecule has 4 aromatic rings. The average molecular weight is 433 g/mol. The lowest BCUT2D eigenvalue weighted by Gasteiger charge is -2.04. The standard InChI is InChI=1S/C11H11F2NO.C10H12N2O2.C2H6/c1-6(2)7-3-8(13)11-9(4-7)15-10(5-12)14-11;1-4-7-5-8-9(10(12-7)13-3)11-6(2)14-8;1-2/h3-4,6H,5H2,1-2H3;5H,4H2,1-3H3;1-2H3. The van der Waals surface area contributed by atoms with E-state index in [0.29, 0.717) is 22.9 Å². The zero-order chi connectivity index (χ0) is 23.1. The first-order valence-corrected chi connectivity index (χ1v) is 10.3. The molecule has 0 amide bonds. The maximum Gasteiger partial charge on any atom is 0.243 e. The highest BCUT2D eigenvalue weighted by Crippen LogP contribution is 2.26. The number of rotatable bonds is 4. The van der Waals surface area contributed by atoms with Gasteiger partial charge in [-0.15, -0.1) is 0 Å². The summed E-state index contributed by atoms with van der Waals surface area (Å²) < 4.78 is 41.4. The Kier molecular flexibility index (Phi) is 8.47. The zero-order valence-electron chi connectivity index (χ0n) is 19.0. The van der Waals surface area contributed by atoms with E-state index in [9.17, 15) is 8.78 Å². The summed E-state index contributed by atoms with van der Waals surface area (Å²) in [4.78, 5) is 12.2. The molecular weight excluding hydrogens is 404 g/mol. The largest absolute Gasteiger partial charge is 0.479 e. The number of pyridine rings is 1. The third-order valence-electron chi connectivity index (χ3n) is 4.36. The van der Waals surface area contributed by atoms with Crippen molar-refractivity contribution in [3.63, 3.8) is 0 Å². The third-order valence-corrected chi connectivity index (χ3v) is 4.36. The molecule has 31 heavy (non-hydrogen) atoms. The van der Waals surface area contributed by atoms with Crippen LogP contribution in [0.1, 0.15) is 63.6 Å². The zero-order valence-corrected chi connectivity index (χ0v) is 19.0. The van der Waals surface area contributed by atoms with Crippen LogP contribution in [0.3, 0.4) is 0 Å². The van der Waals surface area contributed by atoms with E-state index < -0.39 is 12.5 Å². The Morgan fingerprint density at radius 2 is 1.68 bits per heavy atom. The van der Waals surface area contributed by atoms with Crippen molar-refractivity contribution in [1.82, 2.24) is 15.0 Å². The summed E-state index contributed by atoms with van der Waals surface area (Å²) in [6.07, 6.45) is 0.853. The molecule has 0 aliphatic rings. The lowest BCUT2D eigenvalue weighted by Crippen LogP contribution is -1.93. The maximum absolute atomic E-state index is 13.5. The molecule has 4 rings (SSSR count). The Bertz CT molecular complexity index is 1140. The van der Waals surface area contributed by atoms with Crippen LogP contribution in [0.4, 0.5) is 8.78 Å². The molecule has 0 aliphatic heterocycles. The van der Waals surface area contributed by atoms with Crippen molar-refractivity contribution < 1.29 is 22.4 Å². The number of oxazole rings is 2. The SMILES string of the molecule is CC.CC(C)c1cc(F)c2nc(CF)oc2c1.CCc1cc2oc(C)nc2c(OC)n1. The summed E-state index contributed by atoms with van der Waals surface area (Å²) in [5.41, 5.74) is 3.62. The van der Waals surface area contributed by atoms with E-state index in [-0.39, 0.29) is 17.3 Å². The first-order valence-electron chi connectivity index (χ1n) is 10.3. The summed E-state index contributed by atoms with van der Waals surface area (Å²) in [6, 6.07) is 5.02. The number of halogens is 2. The minimum Gasteiger partial charge on any atom is -0.479 e. The lowest BCUT2D eigenvalue weighted by atomic mass is 10.0. The highest BCUT2D eigenvalue weighted by molar-refractivity contribution is 5.78. The number of fused-ring (bicyclic) bond motifs is 2. The van der Waals surface area contributed by atoms with Gasteiger partial charge in [0, 0.05) is 18.7 Å². The second-order valence-corrected chi connectivity index (χ2v) is 6.80. The fourth-order valence-corrected chi connectivity index (χ4v) is 2.83. The molecular formula is C23H29F2N3O3. The molecule has 0 aliphatic carbocycles. The van der Waals surface area contributed by atoms with E-state index in [0.717, 1.165) is 23.3 Å². The molecule has 168 valence electrons. The molecule has 0 saturated carbocycles. The van der Waals surface area contributed by atoms with Crippen LogP contribution >= 0.6 is 0 Å². The number of nitrogens with zero attached hydrogens (tertiary/aromatic N) is 3. The van der Waals surface area contributed by atoms with Crippen molar-refractivity contribution in [2.45, 2.75) is 60.6 Å². The Labute approximate surface area is 180 Å². The topological polar surface area (TPSA) is 74.2 Å². The van der Waals surface area contributed by atoms with Gasteiger partial charge in [0.1, 0.15) is 5.52 Å². The molecule has 0 radical (unpaired) electrons. The predicted octanol–water partition coefficient (Wildman–Crippen LogP) is 6.69. The maximum atomic E-state index is 13.5. The molecule has 1 aromatic carbocycles. The van der Waals surface area contributed by atoms with E-state index >= 15 is 0 Å². The number of methoxy groups -OCH3 is 1. The number of aryl methyl sites for hydroxylation is 2. The first kappa shape index (κ1) is 24.2. The normalized spacial score (nSPS) is 10.6. The van der Waals surface area contributed by atoms with Crippen molar-refractivity contribution in [2.75, 3.05) is 7.11 Å². The van der Waals surface area contributed by atoms with E-state index in [1.165, 1.54) is 6.07 Å². The van der Waals surface area contributed by atoms with Crippen LogP contribution < -0.4 is 4.74 Å². The van der Waals surface area contributed by atoms with Crippen molar-refractivity contribution in [2.24, 2.45) is 0 Å². The fourth-order valence-electron chi connectivity index (χ4n) is 2.83. The van der Waals surface area contributed by atoms with Crippen LogP contribution in [0, 0.1) is 12.7 Å². The van der Waals surface area contributed by atoms with E-state index in [1.807, 2.05) is 47.6 Å². The minimum absolute atomic E-state index is 0.0789. The van der Waals surface area contributed by atoms with Gasteiger partial charge in [0.15, 0.2) is 35.1 Å². The van der Waals surface area contributed by atoms with Gasteiger partial charge in [-0.2, -0.15) is 0 Å². The van der Waals surface area contributed by atoms with Gasteiger partial charge >= 0.3 is 0 Å². The molecule has 0 bridgehead atoms. The number of hydrogen-bond acceptors (Lipinski definition) is 6. The van der Waals surface area contributed by atoms with Crippen LogP contribution in [0.15, 0.2) is 27.0 Å². The fraction of sp³-hybridized carbons (Fsp3) is 0.435. The van der Waals surface area contributed by atoms with Crippen LogP contribution in [-0.4, -0.2) is 22.1 Å². The highest BCUT2D eigenvalue weighted by atomic mass is 19.1. The van der Waals surface area contributed by atoms with Gasteiger partial charge in [-0.25, -0.2) is 23.7 Å². The Balaban J connectivity index is 0.000000204. The molecule has 0 unspecified atom stereocenters. The molecule has 0 spiro atoms. The van der Waals surface area contributed by atoms with Gasteiger partial charge in [0.25, 0.3) is 0 Å². The van der Waals surface area contributed by atoms with E-state index in [1.54, 1.807) is 13.2 Å². The monoisotopic (exact) mass is 433 g/mol. The van der Waals surface area contributed by atoms with Gasteiger partial charge in [-0.3, -0.25) is 0 Å². The minimum atomic E-state index is -0.814. The summed E-state index contributed by atoms with van der Waals surface area (Å²) in [5, 5.41) is 0. The summed E-state index contributed by atoms with van der Waals surface area (Å²) in [6.45, 7) is 10.9. The van der Waals surface area contributed by atoms with Crippen molar-refractivity contribution in [3.8, 4) is 5.88 Å². The molecule has 3 aromatic heterocycles. The van der Waals surface area contributed by atoms with Gasteiger partial charge in [0.05, 0.1) is 7.11 Å². The van der Waals surface area contributed by atoms with Crippen LogP contribution in [-0.2, 0) is 13.1 Å². The van der Waals surface area contributed by atoms with E-state index in [2.05, 4.69) is 15.0 Å². The molecule has 8 heteroatoms. The predicted molar refractivity (Wildman–Crippen MR) is 117 cm³/mol. The number of hydrogen-bond donors (Lipinski definition) is 0. The number of benzene rings is 1. The average Bonchev–Trinajstić information content (AvgIpc) is 3.37. The van der Waals surface area contributed by atoms with E-state index in [4.69, 9.17) is 13.6 Å². The summed E-state index contributed by atoms with van der Waals surface area (Å²) >= 11 is 0. The second-order valence-electron chi connectivity index (χ2n) is 6.80. The van der Waals surface area contributed by atoms with Crippen LogP contribution in [0.5, 0.6) is 5.88 Å². The van der Waals surface area contributed by atoms with Crippen molar-refractivity contribution >= 4 is 22.2 Å². The molecule has 0 N–H and O–H groups in total. The van der Waals surface area contributed by atoms with Gasteiger partial charge < -0.3 is 13.6 Å². The van der Waals surface area contributed by atoms with Gasteiger partial charge in [-0.05, 0) is 30.0 Å².